The number of halogens is 1. The average molecular weight is 356 g/mol. The summed E-state index contributed by atoms with van der Waals surface area (Å²) in [7, 11) is 0. The minimum Gasteiger partial charge on any atom is -0.319 e. The van der Waals surface area contributed by atoms with Gasteiger partial charge >= 0.3 is 6.03 Å². The summed E-state index contributed by atoms with van der Waals surface area (Å²) in [4.78, 5) is 29.3. The van der Waals surface area contributed by atoms with Crippen LogP contribution >= 0.6 is 11.6 Å². The highest BCUT2D eigenvalue weighted by Crippen LogP contribution is 2.50. The van der Waals surface area contributed by atoms with Gasteiger partial charge in [-0.05, 0) is 42.2 Å². The van der Waals surface area contributed by atoms with Crippen molar-refractivity contribution in [3.63, 3.8) is 0 Å². The first-order chi connectivity index (χ1) is 11.8. The van der Waals surface area contributed by atoms with Gasteiger partial charge in [0.05, 0.1) is 5.69 Å². The number of urea groups is 1. The van der Waals surface area contributed by atoms with E-state index in [9.17, 15) is 9.59 Å². The summed E-state index contributed by atoms with van der Waals surface area (Å²) in [6, 6.07) is 8.89. The van der Waals surface area contributed by atoms with Crippen molar-refractivity contribution in [3.8, 4) is 11.3 Å². The summed E-state index contributed by atoms with van der Waals surface area (Å²) >= 11 is 6.10. The summed E-state index contributed by atoms with van der Waals surface area (Å²) < 4.78 is 0. The number of hydrogen-bond acceptors (Lipinski definition) is 3. The molecule has 3 amide bonds. The molecule has 2 heterocycles. The molecule has 0 radical (unpaired) electrons. The predicted molar refractivity (Wildman–Crippen MR) is 95.1 cm³/mol. The molecule has 4 rings (SSSR count). The fourth-order valence-electron chi connectivity index (χ4n) is 3.96. The molecule has 2 N–H and O–H groups in total. The van der Waals surface area contributed by atoms with E-state index >= 15 is 0 Å². The lowest BCUT2D eigenvalue weighted by molar-refractivity contribution is -0.129. The zero-order chi connectivity index (χ0) is 17.8. The molecule has 1 unspecified atom stereocenters. The number of nitrogens with zero attached hydrogens (tertiary/aromatic N) is 1. The topological polar surface area (TPSA) is 71.1 Å². The third-order valence-electron chi connectivity index (χ3n) is 5.41. The summed E-state index contributed by atoms with van der Waals surface area (Å²) in [6.45, 7) is 4.03. The van der Waals surface area contributed by atoms with Gasteiger partial charge in [-0.25, -0.2) is 4.79 Å². The van der Waals surface area contributed by atoms with Crippen LogP contribution in [0.5, 0.6) is 0 Å². The maximum atomic E-state index is 12.8. The van der Waals surface area contributed by atoms with Crippen LogP contribution < -0.4 is 10.6 Å². The Morgan fingerprint density at radius 1 is 1.20 bits per heavy atom. The molecule has 1 aliphatic carbocycles. The lowest BCUT2D eigenvalue weighted by atomic mass is 9.61. The minimum absolute atomic E-state index is 0.299. The highest BCUT2D eigenvalue weighted by atomic mass is 35.5. The lowest BCUT2D eigenvalue weighted by Gasteiger charge is -2.46. The number of rotatable bonds is 1. The van der Waals surface area contributed by atoms with Crippen LogP contribution in [-0.4, -0.2) is 16.9 Å². The molecule has 25 heavy (non-hydrogen) atoms. The van der Waals surface area contributed by atoms with Gasteiger partial charge in [-0.1, -0.05) is 37.6 Å². The molecule has 2 aliphatic rings. The van der Waals surface area contributed by atoms with Crippen LogP contribution in [0.1, 0.15) is 31.4 Å². The second-order valence-corrected chi connectivity index (χ2v) is 7.72. The van der Waals surface area contributed by atoms with E-state index < -0.39 is 17.0 Å². The highest BCUT2D eigenvalue weighted by molar-refractivity contribution is 6.30. The van der Waals surface area contributed by atoms with Gasteiger partial charge in [-0.15, -0.1) is 0 Å². The van der Waals surface area contributed by atoms with Crippen molar-refractivity contribution in [3.05, 3.63) is 52.7 Å². The van der Waals surface area contributed by atoms with E-state index in [1.807, 2.05) is 38.1 Å². The Kier molecular flexibility index (Phi) is 3.41. The van der Waals surface area contributed by atoms with Gasteiger partial charge in [-0.2, -0.15) is 0 Å². The fraction of sp³-hybridized carbons (Fsp3) is 0.316. The van der Waals surface area contributed by atoms with Crippen molar-refractivity contribution < 1.29 is 9.59 Å². The molecule has 1 aromatic heterocycles. The summed E-state index contributed by atoms with van der Waals surface area (Å²) in [6.07, 6.45) is 3.41. The molecule has 1 aliphatic heterocycles. The molecule has 1 aromatic carbocycles. The van der Waals surface area contributed by atoms with E-state index in [0.29, 0.717) is 5.02 Å². The smallest absolute Gasteiger partial charge is 0.319 e. The zero-order valence-electron chi connectivity index (χ0n) is 14.0. The van der Waals surface area contributed by atoms with E-state index in [0.717, 1.165) is 35.2 Å². The number of fused-ring (bicyclic) bond motifs is 2. The Hall–Kier alpha value is -2.40. The van der Waals surface area contributed by atoms with Crippen LogP contribution in [-0.2, 0) is 16.8 Å². The molecule has 1 atom stereocenters. The third-order valence-corrected chi connectivity index (χ3v) is 5.65. The first-order valence-corrected chi connectivity index (χ1v) is 8.60. The van der Waals surface area contributed by atoms with Crippen LogP contribution in [0.2, 0.25) is 5.02 Å². The molecular weight excluding hydrogens is 338 g/mol. The molecular formula is C19H18ClN3O2. The van der Waals surface area contributed by atoms with E-state index in [1.54, 1.807) is 12.3 Å². The number of pyridine rings is 1. The second-order valence-electron chi connectivity index (χ2n) is 7.28. The van der Waals surface area contributed by atoms with Crippen molar-refractivity contribution in [1.82, 2.24) is 15.6 Å². The average Bonchev–Trinajstić information content (AvgIpc) is 2.87. The maximum absolute atomic E-state index is 12.8. The van der Waals surface area contributed by atoms with Crippen molar-refractivity contribution in [2.24, 2.45) is 5.41 Å². The quantitative estimate of drug-likeness (QED) is 0.770. The van der Waals surface area contributed by atoms with Crippen LogP contribution in [0, 0.1) is 5.41 Å². The lowest BCUT2D eigenvalue weighted by Crippen LogP contribution is -2.57. The Balaban J connectivity index is 1.93. The van der Waals surface area contributed by atoms with Crippen molar-refractivity contribution in [1.29, 1.82) is 0 Å². The summed E-state index contributed by atoms with van der Waals surface area (Å²) in [5.74, 6) is -0.299. The third kappa shape index (κ3) is 2.26. The molecule has 1 spiro atoms. The van der Waals surface area contributed by atoms with Gasteiger partial charge in [0.1, 0.15) is 0 Å². The first kappa shape index (κ1) is 16.1. The molecule has 128 valence electrons. The molecule has 5 nitrogen and oxygen atoms in total. The van der Waals surface area contributed by atoms with E-state index in [4.69, 9.17) is 11.6 Å². The summed E-state index contributed by atoms with van der Waals surface area (Å²) in [5.41, 5.74) is 1.92. The van der Waals surface area contributed by atoms with E-state index in [1.165, 1.54) is 0 Å². The monoisotopic (exact) mass is 355 g/mol. The molecule has 0 bridgehead atoms. The first-order valence-electron chi connectivity index (χ1n) is 8.22. The van der Waals surface area contributed by atoms with Gasteiger partial charge in [0.15, 0.2) is 5.54 Å². The SMILES string of the molecule is CC1(C)CCc2cnc(-c3cccc(Cl)c3)cc2C12NC(=O)NC2=O. The minimum atomic E-state index is -1.08. The van der Waals surface area contributed by atoms with Crippen molar-refractivity contribution >= 4 is 23.5 Å². The van der Waals surface area contributed by atoms with Crippen LogP contribution in [0.4, 0.5) is 4.79 Å². The predicted octanol–water partition coefficient (Wildman–Crippen LogP) is 3.41. The zero-order valence-corrected chi connectivity index (χ0v) is 14.8. The normalized spacial score (nSPS) is 24.0. The number of benzene rings is 1. The Morgan fingerprint density at radius 2 is 2.00 bits per heavy atom. The van der Waals surface area contributed by atoms with E-state index in [-0.39, 0.29) is 5.91 Å². The number of aryl methyl sites for hydroxylation is 1. The van der Waals surface area contributed by atoms with E-state index in [2.05, 4.69) is 15.6 Å². The van der Waals surface area contributed by atoms with Crippen LogP contribution in [0.25, 0.3) is 11.3 Å². The number of imide groups is 1. The number of carbonyl (C=O) groups excluding carboxylic acids is 2. The van der Waals surface area contributed by atoms with Crippen molar-refractivity contribution in [2.75, 3.05) is 0 Å². The van der Waals surface area contributed by atoms with Crippen LogP contribution in [0.15, 0.2) is 36.5 Å². The van der Waals surface area contributed by atoms with Gasteiger partial charge in [0.25, 0.3) is 5.91 Å². The Labute approximate surface area is 150 Å². The summed E-state index contributed by atoms with van der Waals surface area (Å²) in [5, 5.41) is 5.94. The van der Waals surface area contributed by atoms with Crippen LogP contribution in [0.3, 0.4) is 0 Å². The number of aromatic nitrogens is 1. The Bertz CT molecular complexity index is 909. The highest BCUT2D eigenvalue weighted by Gasteiger charge is 2.59. The van der Waals surface area contributed by atoms with Gasteiger partial charge < -0.3 is 5.32 Å². The molecule has 0 saturated carbocycles. The molecule has 2 aromatic rings. The number of nitrogens with one attached hydrogen (secondary N) is 2. The number of hydrogen-bond donors (Lipinski definition) is 2. The fourth-order valence-corrected chi connectivity index (χ4v) is 4.15. The van der Waals surface area contributed by atoms with Crippen molar-refractivity contribution in [2.45, 2.75) is 32.2 Å². The molecule has 6 heteroatoms. The maximum Gasteiger partial charge on any atom is 0.322 e. The van der Waals surface area contributed by atoms with Gasteiger partial charge in [0, 0.05) is 22.2 Å². The van der Waals surface area contributed by atoms with Gasteiger partial charge in [0.2, 0.25) is 0 Å². The number of amides is 3. The standard InChI is InChI=1S/C19H18ClN3O2/c1-18(2)7-6-12-10-21-15(11-4-3-5-13(20)8-11)9-14(12)19(18)16(24)22-17(25)23-19/h3-5,8-10H,6-7H2,1-2H3,(H2,22,23,24,25). The van der Waals surface area contributed by atoms with Gasteiger partial charge in [-0.3, -0.25) is 15.1 Å². The second kappa shape index (κ2) is 5.30. The molecule has 1 saturated heterocycles. The Morgan fingerprint density at radius 3 is 2.68 bits per heavy atom. The molecule has 1 fully saturated rings. The number of carbonyl (C=O) groups is 2. The largest absolute Gasteiger partial charge is 0.322 e.